The van der Waals surface area contributed by atoms with Crippen LogP contribution in [0.2, 0.25) is 0 Å². The second kappa shape index (κ2) is 7.14. The maximum atomic E-state index is 11.6. The molecule has 3 N–H and O–H groups in total. The third-order valence-corrected chi connectivity index (χ3v) is 4.11. The van der Waals surface area contributed by atoms with Crippen LogP contribution in [0.25, 0.3) is 0 Å². The van der Waals surface area contributed by atoms with Crippen molar-refractivity contribution in [1.82, 2.24) is 4.90 Å². The molecule has 0 spiro atoms. The Labute approximate surface area is 130 Å². The number of nitriles is 1. The van der Waals surface area contributed by atoms with Crippen molar-refractivity contribution in [3.8, 4) is 6.07 Å². The fourth-order valence-electron chi connectivity index (χ4n) is 2.73. The molecule has 22 heavy (non-hydrogen) atoms. The van der Waals surface area contributed by atoms with Crippen LogP contribution >= 0.6 is 0 Å². The first-order chi connectivity index (χ1) is 10.6. The third-order valence-electron chi connectivity index (χ3n) is 4.11. The molecule has 118 valence electrons. The van der Waals surface area contributed by atoms with E-state index in [-0.39, 0.29) is 5.56 Å². The van der Waals surface area contributed by atoms with Crippen LogP contribution in [0.4, 0.5) is 11.4 Å². The van der Waals surface area contributed by atoms with Gasteiger partial charge in [0.15, 0.2) is 0 Å². The van der Waals surface area contributed by atoms with Gasteiger partial charge in [0, 0.05) is 24.8 Å². The molecule has 2 rings (SSSR count). The van der Waals surface area contributed by atoms with E-state index in [0.717, 1.165) is 32.5 Å². The zero-order chi connectivity index (χ0) is 16.1. The topological polar surface area (TPSA) is 91.4 Å². The molecule has 1 aliphatic heterocycles. The van der Waals surface area contributed by atoms with Gasteiger partial charge in [0.05, 0.1) is 23.9 Å². The number of nitrogens with one attached hydrogen (secondary N) is 1. The lowest BCUT2D eigenvalue weighted by Gasteiger charge is -2.32. The summed E-state index contributed by atoms with van der Waals surface area (Å²) >= 11 is 0. The van der Waals surface area contributed by atoms with Gasteiger partial charge < -0.3 is 20.7 Å². The number of carbonyl (C=O) groups excluding carboxylic acids is 1. The number of esters is 1. The van der Waals surface area contributed by atoms with Crippen LogP contribution in [0.5, 0.6) is 0 Å². The molecule has 0 radical (unpaired) electrons. The average Bonchev–Trinajstić information content (AvgIpc) is 2.55. The van der Waals surface area contributed by atoms with E-state index in [4.69, 9.17) is 5.73 Å². The lowest BCUT2D eigenvalue weighted by molar-refractivity contribution is 0.0602. The summed E-state index contributed by atoms with van der Waals surface area (Å²) in [4.78, 5) is 14.0. The average molecular weight is 302 g/mol. The van der Waals surface area contributed by atoms with Gasteiger partial charge in [-0.25, -0.2) is 4.79 Å². The van der Waals surface area contributed by atoms with Crippen molar-refractivity contribution in [2.24, 2.45) is 0 Å². The molecule has 1 saturated heterocycles. The predicted molar refractivity (Wildman–Crippen MR) is 85.7 cm³/mol. The van der Waals surface area contributed by atoms with Crippen molar-refractivity contribution in [2.75, 3.05) is 37.8 Å². The Bertz CT molecular complexity index is 587. The van der Waals surface area contributed by atoms with Crippen LogP contribution < -0.4 is 11.1 Å². The zero-order valence-corrected chi connectivity index (χ0v) is 13.1. The summed E-state index contributed by atoms with van der Waals surface area (Å²) in [6.45, 7) is 5.32. The van der Waals surface area contributed by atoms with E-state index in [9.17, 15) is 10.1 Å². The van der Waals surface area contributed by atoms with Gasteiger partial charge in [-0.15, -0.1) is 0 Å². The van der Waals surface area contributed by atoms with E-state index in [0.29, 0.717) is 23.0 Å². The molecule has 1 aromatic rings. The van der Waals surface area contributed by atoms with E-state index in [1.807, 2.05) is 0 Å². The van der Waals surface area contributed by atoms with Gasteiger partial charge in [0.25, 0.3) is 0 Å². The summed E-state index contributed by atoms with van der Waals surface area (Å²) in [6.07, 6.45) is 2.05. The number of likely N-dealkylation sites (tertiary alicyclic amines) is 1. The number of nitrogens with two attached hydrogens (primary N) is 1. The smallest absolute Gasteiger partial charge is 0.340 e. The lowest BCUT2D eigenvalue weighted by Crippen LogP contribution is -2.39. The van der Waals surface area contributed by atoms with Gasteiger partial charge in [-0.3, -0.25) is 0 Å². The SMILES string of the molecule is CCN1CCC(Nc2cc(N)c(C(=O)OC)cc2C#N)CC1. The number of hydrogen-bond acceptors (Lipinski definition) is 6. The molecule has 0 unspecified atom stereocenters. The molecule has 0 bridgehead atoms. The van der Waals surface area contributed by atoms with Crippen molar-refractivity contribution < 1.29 is 9.53 Å². The molecule has 0 aliphatic carbocycles. The van der Waals surface area contributed by atoms with Crippen molar-refractivity contribution in [1.29, 1.82) is 5.26 Å². The van der Waals surface area contributed by atoms with E-state index in [1.54, 1.807) is 6.07 Å². The molecule has 0 aromatic heterocycles. The number of anilines is 2. The van der Waals surface area contributed by atoms with E-state index >= 15 is 0 Å². The Kier molecular flexibility index (Phi) is 5.23. The molecule has 6 nitrogen and oxygen atoms in total. The maximum Gasteiger partial charge on any atom is 0.340 e. The maximum absolute atomic E-state index is 11.6. The van der Waals surface area contributed by atoms with E-state index in [1.165, 1.54) is 13.2 Å². The molecule has 0 saturated carbocycles. The van der Waals surface area contributed by atoms with Gasteiger partial charge in [-0.05, 0) is 31.5 Å². The number of piperidine rings is 1. The molecule has 1 heterocycles. The number of carbonyl (C=O) groups is 1. The van der Waals surface area contributed by atoms with Crippen LogP contribution in [-0.2, 0) is 4.74 Å². The Hall–Kier alpha value is -2.26. The number of methoxy groups -OCH3 is 1. The van der Waals surface area contributed by atoms with E-state index in [2.05, 4.69) is 27.9 Å². The number of hydrogen-bond donors (Lipinski definition) is 2. The van der Waals surface area contributed by atoms with Crippen LogP contribution in [0.1, 0.15) is 35.7 Å². The summed E-state index contributed by atoms with van der Waals surface area (Å²) in [5.74, 6) is -0.531. The first kappa shape index (κ1) is 16.1. The highest BCUT2D eigenvalue weighted by Gasteiger charge is 2.20. The Balaban J connectivity index is 2.16. The molecule has 6 heteroatoms. The number of rotatable bonds is 4. The molecular formula is C16H22N4O2. The van der Waals surface area contributed by atoms with Gasteiger partial charge in [0.1, 0.15) is 6.07 Å². The van der Waals surface area contributed by atoms with Gasteiger partial charge >= 0.3 is 5.97 Å². The number of nitrogens with zero attached hydrogens (tertiary/aromatic N) is 2. The quantitative estimate of drug-likeness (QED) is 0.651. The van der Waals surface area contributed by atoms with Crippen LogP contribution in [0.3, 0.4) is 0 Å². The van der Waals surface area contributed by atoms with Gasteiger partial charge in [0.2, 0.25) is 0 Å². The second-order valence-electron chi connectivity index (χ2n) is 5.44. The van der Waals surface area contributed by atoms with Crippen molar-refractivity contribution in [3.63, 3.8) is 0 Å². The fourth-order valence-corrected chi connectivity index (χ4v) is 2.73. The Morgan fingerprint density at radius 3 is 2.73 bits per heavy atom. The summed E-state index contributed by atoms with van der Waals surface area (Å²) < 4.78 is 4.68. The van der Waals surface area contributed by atoms with Gasteiger partial charge in [-0.2, -0.15) is 5.26 Å². The number of nitrogen functional groups attached to an aromatic ring is 1. The molecule has 1 fully saturated rings. The standard InChI is InChI=1S/C16H22N4O2/c1-3-20-6-4-12(5-7-20)19-15-9-14(18)13(16(21)22-2)8-11(15)10-17/h8-9,12,19H,3-7,18H2,1-2H3. The highest BCUT2D eigenvalue weighted by atomic mass is 16.5. The predicted octanol–water partition coefficient (Wildman–Crippen LogP) is 1.82. The molecule has 1 aliphatic rings. The largest absolute Gasteiger partial charge is 0.465 e. The monoisotopic (exact) mass is 302 g/mol. The van der Waals surface area contributed by atoms with Crippen LogP contribution in [-0.4, -0.2) is 43.7 Å². The summed E-state index contributed by atoms with van der Waals surface area (Å²) in [5.41, 5.74) is 7.55. The first-order valence-corrected chi connectivity index (χ1v) is 7.49. The van der Waals surface area contributed by atoms with Crippen molar-refractivity contribution in [3.05, 3.63) is 23.3 Å². The number of benzene rings is 1. The molecule has 1 aromatic carbocycles. The highest BCUT2D eigenvalue weighted by Crippen LogP contribution is 2.26. The fraction of sp³-hybridized carbons (Fsp3) is 0.500. The normalized spacial score (nSPS) is 16.0. The summed E-state index contributed by atoms with van der Waals surface area (Å²) in [5, 5.41) is 12.7. The highest BCUT2D eigenvalue weighted by molar-refractivity contribution is 5.96. The van der Waals surface area contributed by atoms with Crippen molar-refractivity contribution in [2.45, 2.75) is 25.8 Å². The Morgan fingerprint density at radius 2 is 2.18 bits per heavy atom. The minimum absolute atomic E-state index is 0.227. The lowest BCUT2D eigenvalue weighted by atomic mass is 10.0. The number of ether oxygens (including phenoxy) is 1. The minimum Gasteiger partial charge on any atom is -0.465 e. The van der Waals surface area contributed by atoms with E-state index < -0.39 is 5.97 Å². The molecular weight excluding hydrogens is 280 g/mol. The summed E-state index contributed by atoms with van der Waals surface area (Å²) in [7, 11) is 1.29. The minimum atomic E-state index is -0.531. The molecule has 0 amide bonds. The molecule has 0 atom stereocenters. The first-order valence-electron chi connectivity index (χ1n) is 7.49. The van der Waals surface area contributed by atoms with Crippen molar-refractivity contribution >= 4 is 17.3 Å². The summed E-state index contributed by atoms with van der Waals surface area (Å²) in [6, 6.07) is 5.57. The van der Waals surface area contributed by atoms with Crippen LogP contribution in [0.15, 0.2) is 12.1 Å². The van der Waals surface area contributed by atoms with Crippen LogP contribution in [0, 0.1) is 11.3 Å². The third kappa shape index (κ3) is 3.49. The zero-order valence-electron chi connectivity index (χ0n) is 13.1. The second-order valence-corrected chi connectivity index (χ2v) is 5.44. The van der Waals surface area contributed by atoms with Gasteiger partial charge in [-0.1, -0.05) is 6.92 Å². The Morgan fingerprint density at radius 1 is 1.50 bits per heavy atom.